The normalized spacial score (nSPS) is 12.7. The van der Waals surface area contributed by atoms with E-state index in [-0.39, 0.29) is 0 Å². The number of aromatic nitrogens is 2. The van der Waals surface area contributed by atoms with Crippen LogP contribution in [0.2, 0.25) is 0 Å². The summed E-state index contributed by atoms with van der Waals surface area (Å²) in [5.41, 5.74) is 16.3. The van der Waals surface area contributed by atoms with Gasteiger partial charge in [-0.05, 0) is 80.9 Å². The van der Waals surface area contributed by atoms with Gasteiger partial charge < -0.3 is 4.74 Å². The molecule has 0 unspecified atom stereocenters. The van der Waals surface area contributed by atoms with Gasteiger partial charge in [-0.15, -0.1) is 0 Å². The average molecular weight is 740 g/mol. The second kappa shape index (κ2) is 13.4. The van der Waals surface area contributed by atoms with Crippen LogP contribution in [-0.4, -0.2) is 9.97 Å². The molecule has 1 spiro atoms. The molecule has 0 atom stereocenters. The molecule has 0 amide bonds. The second-order valence-corrected chi connectivity index (χ2v) is 14.8. The summed E-state index contributed by atoms with van der Waals surface area (Å²) in [7, 11) is 0. The maximum Gasteiger partial charge on any atom is 0.160 e. The van der Waals surface area contributed by atoms with Crippen LogP contribution in [0.5, 0.6) is 11.5 Å². The predicted molar refractivity (Wildman–Crippen MR) is 231 cm³/mol. The molecule has 1 aromatic heterocycles. The zero-order valence-electron chi connectivity index (χ0n) is 31.3. The lowest BCUT2D eigenvalue weighted by molar-refractivity contribution is 0.436. The first-order valence-corrected chi connectivity index (χ1v) is 19.5. The Kier molecular flexibility index (Phi) is 7.74. The number of nitrogens with zero attached hydrogens (tertiary/aromatic N) is 3. The Morgan fingerprint density at radius 1 is 0.397 bits per heavy atom. The van der Waals surface area contributed by atoms with Crippen molar-refractivity contribution in [2.24, 2.45) is 0 Å². The lowest BCUT2D eigenvalue weighted by Crippen LogP contribution is -2.32. The standard InChI is InChI=1S/C54H33N3O/c55-34-35-22-24-37(25-23-35)42-16-11-19-47-52(42)43-32-41(30-31-44(43)54(47)45-17-7-9-20-50(45)58-51-21-10-8-18-46(51)54)36-26-28-39(29-27-36)49-33-48(38-12-3-1-4-13-38)56-53(57-49)40-14-5-2-6-15-40/h1-33H. The molecular weight excluding hydrogens is 707 g/mol. The number of hydrogen-bond acceptors (Lipinski definition) is 4. The number of nitriles is 1. The van der Waals surface area contributed by atoms with Crippen molar-refractivity contribution in [1.82, 2.24) is 9.97 Å². The molecule has 2 aliphatic rings. The average Bonchev–Trinajstić information content (AvgIpc) is 3.59. The minimum absolute atomic E-state index is 0.596. The van der Waals surface area contributed by atoms with Crippen molar-refractivity contribution in [3.8, 4) is 84.9 Å². The molecule has 0 bridgehead atoms. The summed E-state index contributed by atoms with van der Waals surface area (Å²) < 4.78 is 6.60. The molecule has 11 rings (SSSR count). The topological polar surface area (TPSA) is 58.8 Å². The third kappa shape index (κ3) is 5.22. The number of ether oxygens (including phenoxy) is 1. The van der Waals surface area contributed by atoms with E-state index in [4.69, 9.17) is 14.7 Å². The predicted octanol–water partition coefficient (Wildman–Crippen LogP) is 13.2. The van der Waals surface area contributed by atoms with E-state index in [1.54, 1.807) is 0 Å². The molecule has 2 heterocycles. The van der Waals surface area contributed by atoms with Crippen LogP contribution >= 0.6 is 0 Å². The summed E-state index contributed by atoms with van der Waals surface area (Å²) in [4.78, 5) is 10.1. The van der Waals surface area contributed by atoms with Crippen LogP contribution < -0.4 is 4.74 Å². The number of para-hydroxylation sites is 2. The summed E-state index contributed by atoms with van der Waals surface area (Å²) >= 11 is 0. The Labute approximate surface area is 337 Å². The highest BCUT2D eigenvalue weighted by atomic mass is 16.5. The Hall–Kier alpha value is -7.87. The van der Waals surface area contributed by atoms with Gasteiger partial charge in [0, 0.05) is 27.8 Å². The van der Waals surface area contributed by atoms with E-state index in [9.17, 15) is 5.26 Å². The quantitative estimate of drug-likeness (QED) is 0.176. The summed E-state index contributed by atoms with van der Waals surface area (Å²) in [5, 5.41) is 9.61. The van der Waals surface area contributed by atoms with Gasteiger partial charge in [0.25, 0.3) is 0 Å². The van der Waals surface area contributed by atoms with Gasteiger partial charge in [0.1, 0.15) is 11.5 Å². The van der Waals surface area contributed by atoms with Crippen LogP contribution in [-0.2, 0) is 5.41 Å². The van der Waals surface area contributed by atoms with E-state index in [1.807, 2.05) is 60.7 Å². The van der Waals surface area contributed by atoms with E-state index >= 15 is 0 Å². The molecule has 0 fully saturated rings. The SMILES string of the molecule is N#Cc1ccc(-c2cccc3c2-c2cc(-c4ccc(-c5cc(-c6ccccc6)nc(-c6ccccc6)n5)cc4)ccc2C32c3ccccc3Oc3ccccc32)cc1. The maximum absolute atomic E-state index is 9.61. The van der Waals surface area contributed by atoms with Gasteiger partial charge in [0.2, 0.25) is 0 Å². The number of rotatable bonds is 5. The molecule has 4 heteroatoms. The first-order chi connectivity index (χ1) is 28.7. The molecule has 0 saturated carbocycles. The highest BCUT2D eigenvalue weighted by molar-refractivity contribution is 5.98. The lowest BCUT2D eigenvalue weighted by atomic mass is 9.66. The van der Waals surface area contributed by atoms with E-state index in [1.165, 1.54) is 22.3 Å². The van der Waals surface area contributed by atoms with E-state index < -0.39 is 5.41 Å². The summed E-state index contributed by atoms with van der Waals surface area (Å²) in [6, 6.07) is 71.9. The minimum atomic E-state index is -0.596. The van der Waals surface area contributed by atoms with Crippen LogP contribution in [0.1, 0.15) is 27.8 Å². The molecule has 9 aromatic rings. The van der Waals surface area contributed by atoms with Crippen LogP contribution in [0.15, 0.2) is 200 Å². The summed E-state index contributed by atoms with van der Waals surface area (Å²) in [6.45, 7) is 0. The first-order valence-electron chi connectivity index (χ1n) is 19.5. The zero-order valence-corrected chi connectivity index (χ0v) is 31.3. The first kappa shape index (κ1) is 33.5. The van der Waals surface area contributed by atoms with E-state index in [0.717, 1.165) is 73.0 Å². The highest BCUT2D eigenvalue weighted by Crippen LogP contribution is 2.63. The third-order valence-corrected chi connectivity index (χ3v) is 11.6. The van der Waals surface area contributed by atoms with Crippen LogP contribution in [0.4, 0.5) is 0 Å². The number of hydrogen-bond donors (Lipinski definition) is 0. The Morgan fingerprint density at radius 3 is 1.59 bits per heavy atom. The van der Waals surface area contributed by atoms with Crippen LogP contribution in [0.25, 0.3) is 67.3 Å². The van der Waals surface area contributed by atoms with Gasteiger partial charge >= 0.3 is 0 Å². The molecule has 58 heavy (non-hydrogen) atoms. The largest absolute Gasteiger partial charge is 0.457 e. The van der Waals surface area contributed by atoms with Crippen LogP contribution in [0.3, 0.4) is 0 Å². The van der Waals surface area contributed by atoms with Crippen LogP contribution in [0, 0.1) is 11.3 Å². The maximum atomic E-state index is 9.61. The number of fused-ring (bicyclic) bond motifs is 9. The van der Waals surface area contributed by atoms with E-state index in [0.29, 0.717) is 11.4 Å². The van der Waals surface area contributed by atoms with Gasteiger partial charge in [-0.3, -0.25) is 0 Å². The highest BCUT2D eigenvalue weighted by Gasteiger charge is 2.51. The zero-order chi connectivity index (χ0) is 38.6. The van der Waals surface area contributed by atoms with Crippen molar-refractivity contribution >= 4 is 0 Å². The van der Waals surface area contributed by atoms with Gasteiger partial charge in [-0.25, -0.2) is 9.97 Å². The van der Waals surface area contributed by atoms with Gasteiger partial charge in [0.15, 0.2) is 5.82 Å². The Morgan fingerprint density at radius 2 is 0.931 bits per heavy atom. The fourth-order valence-electron chi connectivity index (χ4n) is 9.00. The van der Waals surface area contributed by atoms with Crippen molar-refractivity contribution in [3.05, 3.63) is 228 Å². The number of benzene rings is 8. The molecular formula is C54H33N3O. The van der Waals surface area contributed by atoms with E-state index in [2.05, 4.69) is 146 Å². The Bertz CT molecular complexity index is 2970. The van der Waals surface area contributed by atoms with Crippen molar-refractivity contribution < 1.29 is 4.74 Å². The van der Waals surface area contributed by atoms with Gasteiger partial charge in [-0.2, -0.15) is 5.26 Å². The van der Waals surface area contributed by atoms with Crippen molar-refractivity contribution in [2.45, 2.75) is 5.41 Å². The molecule has 1 aliphatic heterocycles. The molecule has 270 valence electrons. The summed E-state index contributed by atoms with van der Waals surface area (Å²) in [5.74, 6) is 2.42. The van der Waals surface area contributed by atoms with Crippen molar-refractivity contribution in [1.29, 1.82) is 5.26 Å². The lowest BCUT2D eigenvalue weighted by Gasteiger charge is -2.39. The molecule has 4 nitrogen and oxygen atoms in total. The van der Waals surface area contributed by atoms with Crippen molar-refractivity contribution in [3.63, 3.8) is 0 Å². The monoisotopic (exact) mass is 739 g/mol. The molecule has 0 radical (unpaired) electrons. The minimum Gasteiger partial charge on any atom is -0.457 e. The fourth-order valence-corrected chi connectivity index (χ4v) is 9.00. The van der Waals surface area contributed by atoms with Gasteiger partial charge in [0.05, 0.1) is 28.4 Å². The molecule has 0 N–H and O–H groups in total. The summed E-state index contributed by atoms with van der Waals surface area (Å²) in [6.07, 6.45) is 0. The third-order valence-electron chi connectivity index (χ3n) is 11.6. The molecule has 8 aromatic carbocycles. The smallest absolute Gasteiger partial charge is 0.160 e. The molecule has 1 aliphatic carbocycles. The Balaban J connectivity index is 1.08. The molecule has 0 saturated heterocycles. The fraction of sp³-hybridized carbons (Fsp3) is 0.0185. The van der Waals surface area contributed by atoms with Crippen molar-refractivity contribution in [2.75, 3.05) is 0 Å². The second-order valence-electron chi connectivity index (χ2n) is 14.8. The van der Waals surface area contributed by atoms with Gasteiger partial charge in [-0.1, -0.05) is 164 Å².